The molecule has 1 fully saturated rings. The molecule has 0 unspecified atom stereocenters. The molecule has 2 N–H and O–H groups in total. The van der Waals surface area contributed by atoms with Crippen LogP contribution >= 0.6 is 11.6 Å². The Balaban J connectivity index is 1.27. The Kier molecular flexibility index (Phi) is 8.38. The maximum absolute atomic E-state index is 14.6. The Labute approximate surface area is 249 Å². The van der Waals surface area contributed by atoms with E-state index in [2.05, 4.69) is 16.4 Å². The molecule has 0 amide bonds. The van der Waals surface area contributed by atoms with Crippen LogP contribution in [-0.2, 0) is 19.6 Å². The second-order valence-corrected chi connectivity index (χ2v) is 11.3. The van der Waals surface area contributed by atoms with Crippen LogP contribution in [0, 0.1) is 17.1 Å². The summed E-state index contributed by atoms with van der Waals surface area (Å²) in [5.74, 6) is 0.842. The summed E-state index contributed by atoms with van der Waals surface area (Å²) in [6.45, 7) is 0.673. The highest BCUT2D eigenvalue weighted by molar-refractivity contribution is 6.32. The van der Waals surface area contributed by atoms with E-state index in [-0.39, 0.29) is 30.7 Å². The summed E-state index contributed by atoms with van der Waals surface area (Å²) in [7, 11) is 0. The van der Waals surface area contributed by atoms with Gasteiger partial charge in [-0.2, -0.15) is 5.26 Å². The minimum Gasteiger partial charge on any atom is -0.488 e. The number of ether oxygens (including phenoxy) is 2. The van der Waals surface area contributed by atoms with Gasteiger partial charge in [0.1, 0.15) is 36.1 Å². The summed E-state index contributed by atoms with van der Waals surface area (Å²) < 4.78 is 27.4. The number of pyridine rings is 1. The molecule has 1 saturated carbocycles. The molecule has 42 heavy (non-hydrogen) atoms. The molecule has 214 valence electrons. The average molecular weight is 584 g/mol. The zero-order valence-corrected chi connectivity index (χ0v) is 23.8. The van der Waals surface area contributed by atoms with Crippen LogP contribution in [0.15, 0.2) is 73.1 Å². The summed E-state index contributed by atoms with van der Waals surface area (Å²) in [5, 5.41) is 23.4. The molecule has 0 spiro atoms. The number of hydrogen-bond donors (Lipinski definition) is 2. The highest BCUT2D eigenvalue weighted by Crippen LogP contribution is 2.43. The largest absolute Gasteiger partial charge is 0.488 e. The SMILES string of the molecule is N#Cc1cncc(COc2cc(O[C@H]3CCc4c(-c5ccccc5F)cccc43)c(Cl)cc2CN[C@@H]2CCC[C@H]2O)c1. The van der Waals surface area contributed by atoms with Gasteiger partial charge in [0.2, 0.25) is 0 Å². The minimum absolute atomic E-state index is 0.0164. The minimum atomic E-state index is -0.371. The number of benzene rings is 3. The second kappa shape index (κ2) is 12.5. The first kappa shape index (κ1) is 28.2. The Morgan fingerprint density at radius 3 is 2.69 bits per heavy atom. The molecule has 1 aromatic heterocycles. The maximum Gasteiger partial charge on any atom is 0.142 e. The van der Waals surface area contributed by atoms with E-state index < -0.39 is 0 Å². The van der Waals surface area contributed by atoms with Crippen LogP contribution in [0.1, 0.15) is 59.6 Å². The van der Waals surface area contributed by atoms with Gasteiger partial charge in [0.05, 0.1) is 16.7 Å². The van der Waals surface area contributed by atoms with Crippen molar-refractivity contribution in [3.63, 3.8) is 0 Å². The van der Waals surface area contributed by atoms with Crippen molar-refractivity contribution in [3.05, 3.63) is 112 Å². The fourth-order valence-corrected chi connectivity index (χ4v) is 6.20. The number of hydrogen-bond acceptors (Lipinski definition) is 6. The predicted octanol–water partition coefficient (Wildman–Crippen LogP) is 7.06. The molecule has 2 aliphatic rings. The van der Waals surface area contributed by atoms with E-state index >= 15 is 0 Å². The third-order valence-electron chi connectivity index (χ3n) is 8.12. The van der Waals surface area contributed by atoms with Crippen molar-refractivity contribution in [2.75, 3.05) is 0 Å². The van der Waals surface area contributed by atoms with Crippen molar-refractivity contribution >= 4 is 11.6 Å². The molecule has 3 atom stereocenters. The van der Waals surface area contributed by atoms with Crippen LogP contribution < -0.4 is 14.8 Å². The maximum atomic E-state index is 14.6. The number of fused-ring (bicyclic) bond motifs is 1. The molecule has 0 aliphatic heterocycles. The molecule has 8 heteroatoms. The molecule has 6 nitrogen and oxygen atoms in total. The van der Waals surface area contributed by atoms with Gasteiger partial charge >= 0.3 is 0 Å². The van der Waals surface area contributed by atoms with E-state index in [9.17, 15) is 14.8 Å². The van der Waals surface area contributed by atoms with E-state index in [1.165, 1.54) is 12.3 Å². The number of aromatic nitrogens is 1. The first-order chi connectivity index (χ1) is 20.5. The lowest BCUT2D eigenvalue weighted by Crippen LogP contribution is -2.35. The number of nitrogens with zero attached hydrogens (tertiary/aromatic N) is 2. The van der Waals surface area contributed by atoms with Crippen LogP contribution in [0.2, 0.25) is 5.02 Å². The number of aliphatic hydroxyl groups excluding tert-OH is 1. The monoisotopic (exact) mass is 583 g/mol. The second-order valence-electron chi connectivity index (χ2n) is 10.9. The van der Waals surface area contributed by atoms with Crippen molar-refractivity contribution in [2.45, 2.75) is 63.5 Å². The van der Waals surface area contributed by atoms with Gasteiger partial charge in [-0.3, -0.25) is 4.98 Å². The van der Waals surface area contributed by atoms with Gasteiger partial charge in [-0.25, -0.2) is 4.39 Å². The van der Waals surface area contributed by atoms with Crippen LogP contribution in [0.4, 0.5) is 4.39 Å². The Morgan fingerprint density at radius 2 is 1.88 bits per heavy atom. The normalized spacial score (nSPS) is 19.3. The van der Waals surface area contributed by atoms with Crippen molar-refractivity contribution < 1.29 is 19.0 Å². The third kappa shape index (κ3) is 5.98. The van der Waals surface area contributed by atoms with Crippen LogP contribution in [0.25, 0.3) is 11.1 Å². The molecule has 0 bridgehead atoms. The number of nitriles is 1. The van der Waals surface area contributed by atoms with Gasteiger partial charge in [-0.05, 0) is 67.0 Å². The van der Waals surface area contributed by atoms with E-state index in [0.717, 1.165) is 59.9 Å². The highest BCUT2D eigenvalue weighted by atomic mass is 35.5. The summed E-state index contributed by atoms with van der Waals surface area (Å²) in [6.07, 6.45) is 6.75. The van der Waals surface area contributed by atoms with Crippen molar-refractivity contribution in [1.29, 1.82) is 5.26 Å². The highest BCUT2D eigenvalue weighted by Gasteiger charge is 2.29. The molecule has 2 aliphatic carbocycles. The average Bonchev–Trinajstić information content (AvgIpc) is 3.62. The number of aliphatic hydroxyl groups is 1. The van der Waals surface area contributed by atoms with Gasteiger partial charge in [0, 0.05) is 47.7 Å². The quantitative estimate of drug-likeness (QED) is 0.219. The fourth-order valence-electron chi connectivity index (χ4n) is 5.97. The first-order valence-electron chi connectivity index (χ1n) is 14.2. The fraction of sp³-hybridized carbons (Fsp3) is 0.294. The van der Waals surface area contributed by atoms with Gasteiger partial charge < -0.3 is 19.9 Å². The van der Waals surface area contributed by atoms with Crippen molar-refractivity contribution in [1.82, 2.24) is 10.3 Å². The molecule has 4 aromatic rings. The van der Waals surface area contributed by atoms with Crippen LogP contribution in [-0.4, -0.2) is 22.2 Å². The van der Waals surface area contributed by atoms with Crippen LogP contribution in [0.3, 0.4) is 0 Å². The van der Waals surface area contributed by atoms with Gasteiger partial charge in [0.25, 0.3) is 0 Å². The van der Waals surface area contributed by atoms with Gasteiger partial charge in [-0.15, -0.1) is 0 Å². The summed E-state index contributed by atoms with van der Waals surface area (Å²) in [6, 6.07) is 20.3. The van der Waals surface area contributed by atoms with Crippen molar-refractivity contribution in [3.8, 4) is 28.7 Å². The van der Waals surface area contributed by atoms with Gasteiger partial charge in [-0.1, -0.05) is 48.0 Å². The molecule has 6 rings (SSSR count). The summed E-state index contributed by atoms with van der Waals surface area (Å²) >= 11 is 6.78. The standard InChI is InChI=1S/C34H31ClFN3O3/c35-28-14-23(19-39-30-9-4-10-31(30)40)33(41-20-22-13-21(16-37)17-38-18-22)15-34(28)42-32-12-11-25-24(6-3-7-27(25)32)26-5-1-2-8-29(26)36/h1-3,5-8,13-15,17-18,30-32,39-40H,4,9-12,19-20H2/t30-,31-,32+/m1/s1. The lowest BCUT2D eigenvalue weighted by atomic mass is 9.96. The topological polar surface area (TPSA) is 87.4 Å². The summed E-state index contributed by atoms with van der Waals surface area (Å²) in [4.78, 5) is 4.13. The molecule has 3 aromatic carbocycles. The van der Waals surface area contributed by atoms with Gasteiger partial charge in [0.15, 0.2) is 0 Å². The Bertz CT molecular complexity index is 1640. The third-order valence-corrected chi connectivity index (χ3v) is 8.41. The molecular formula is C34H31ClFN3O3. The number of halogens is 2. The lowest BCUT2D eigenvalue weighted by Gasteiger charge is -2.21. The van der Waals surface area contributed by atoms with Crippen LogP contribution in [0.5, 0.6) is 11.5 Å². The van der Waals surface area contributed by atoms with E-state index in [4.69, 9.17) is 21.1 Å². The Hall–Kier alpha value is -3.96. The first-order valence-corrected chi connectivity index (χ1v) is 14.6. The lowest BCUT2D eigenvalue weighted by molar-refractivity contribution is 0.148. The molecule has 1 heterocycles. The van der Waals surface area contributed by atoms with E-state index in [1.54, 1.807) is 24.4 Å². The number of rotatable bonds is 9. The molecule has 0 radical (unpaired) electrons. The zero-order valence-electron chi connectivity index (χ0n) is 23.0. The van der Waals surface area contributed by atoms with Crippen molar-refractivity contribution in [2.24, 2.45) is 0 Å². The summed E-state index contributed by atoms with van der Waals surface area (Å²) in [5.41, 5.74) is 5.64. The predicted molar refractivity (Wildman–Crippen MR) is 159 cm³/mol. The van der Waals surface area contributed by atoms with E-state index in [0.29, 0.717) is 34.2 Å². The number of nitrogens with one attached hydrogen (secondary N) is 1. The van der Waals surface area contributed by atoms with E-state index in [1.807, 2.05) is 36.4 Å². The smallest absolute Gasteiger partial charge is 0.142 e. The Morgan fingerprint density at radius 1 is 1.02 bits per heavy atom. The zero-order chi connectivity index (χ0) is 29.1. The molecule has 0 saturated heterocycles. The molecular weight excluding hydrogens is 553 g/mol.